The second kappa shape index (κ2) is 7.80. The predicted molar refractivity (Wildman–Crippen MR) is 78.1 cm³/mol. The summed E-state index contributed by atoms with van der Waals surface area (Å²) in [6.45, 7) is 5.65. The quantitative estimate of drug-likeness (QED) is 0.761. The van der Waals surface area contributed by atoms with E-state index in [9.17, 15) is 9.59 Å². The molecule has 19 heavy (non-hydrogen) atoms. The number of ether oxygens (including phenoxy) is 1. The van der Waals surface area contributed by atoms with Crippen molar-refractivity contribution in [2.45, 2.75) is 64.7 Å². The van der Waals surface area contributed by atoms with Gasteiger partial charge in [0, 0.05) is 12.5 Å². The zero-order valence-electron chi connectivity index (χ0n) is 11.7. The lowest BCUT2D eigenvalue weighted by molar-refractivity contribution is -0.121. The van der Waals surface area contributed by atoms with Crippen LogP contribution in [-0.2, 0) is 14.3 Å². The van der Waals surface area contributed by atoms with Gasteiger partial charge in [-0.2, -0.15) is 0 Å². The number of rotatable bonds is 6. The van der Waals surface area contributed by atoms with E-state index in [0.29, 0.717) is 6.42 Å². The van der Waals surface area contributed by atoms with Crippen LogP contribution < -0.4 is 5.32 Å². The number of carbonyl (C=O) groups is 2. The summed E-state index contributed by atoms with van der Waals surface area (Å²) in [5.74, 6) is -0.0647. The molecule has 1 aliphatic rings. The van der Waals surface area contributed by atoms with Crippen LogP contribution in [0.25, 0.3) is 0 Å². The van der Waals surface area contributed by atoms with Gasteiger partial charge in [0.25, 0.3) is 0 Å². The lowest BCUT2D eigenvalue weighted by Gasteiger charge is -2.32. The van der Waals surface area contributed by atoms with Gasteiger partial charge in [0.1, 0.15) is 0 Å². The number of hydrogen-bond donors (Lipinski definition) is 1. The summed E-state index contributed by atoms with van der Waals surface area (Å²) in [5.41, 5.74) is 0.734. The van der Waals surface area contributed by atoms with Crippen molar-refractivity contribution in [1.82, 2.24) is 5.32 Å². The minimum absolute atomic E-state index is 0.0475. The topological polar surface area (TPSA) is 55.4 Å². The Hall–Kier alpha value is -0.680. The lowest BCUT2D eigenvalue weighted by atomic mass is 9.93. The van der Waals surface area contributed by atoms with Crippen molar-refractivity contribution in [2.75, 3.05) is 0 Å². The number of hydrogen-bond acceptors (Lipinski definition) is 3. The Labute approximate surface area is 123 Å². The van der Waals surface area contributed by atoms with Crippen LogP contribution in [0, 0.1) is 0 Å². The summed E-state index contributed by atoms with van der Waals surface area (Å²) in [7, 11) is 0. The second-order valence-electron chi connectivity index (χ2n) is 4.85. The molecule has 1 rings (SSSR count). The van der Waals surface area contributed by atoms with Crippen molar-refractivity contribution in [2.24, 2.45) is 0 Å². The third-order valence-corrected chi connectivity index (χ3v) is 3.90. The standard InChI is InChI=1S/C14H22BrNO3/c1-4-11(5-2)19-13-8-10(14(15)18)6-7-12(13)16-9(3)17/h8,11-13H,4-7H2,1-3H3,(H,16,17)/t12-,13-/m1/s1. The van der Waals surface area contributed by atoms with Crippen molar-refractivity contribution >= 4 is 26.5 Å². The first-order valence-corrected chi connectivity index (χ1v) is 7.60. The second-order valence-corrected chi connectivity index (χ2v) is 5.57. The van der Waals surface area contributed by atoms with Crippen molar-refractivity contribution in [3.8, 4) is 0 Å². The highest BCUT2D eigenvalue weighted by atomic mass is 79.9. The Bertz CT molecular complexity index is 364. The van der Waals surface area contributed by atoms with E-state index < -0.39 is 0 Å². The minimum atomic E-state index is -0.223. The first-order valence-electron chi connectivity index (χ1n) is 6.81. The summed E-state index contributed by atoms with van der Waals surface area (Å²) in [6, 6.07) is -0.0475. The van der Waals surface area contributed by atoms with Crippen LogP contribution in [0.3, 0.4) is 0 Å². The molecule has 0 unspecified atom stereocenters. The largest absolute Gasteiger partial charge is 0.369 e. The average Bonchev–Trinajstić information content (AvgIpc) is 2.36. The van der Waals surface area contributed by atoms with Crippen molar-refractivity contribution in [3.05, 3.63) is 11.6 Å². The highest BCUT2D eigenvalue weighted by Gasteiger charge is 2.29. The normalized spacial score (nSPS) is 23.1. The van der Waals surface area contributed by atoms with E-state index in [2.05, 4.69) is 35.1 Å². The molecule has 0 bridgehead atoms. The third-order valence-electron chi connectivity index (χ3n) is 3.39. The molecule has 0 heterocycles. The molecular weight excluding hydrogens is 310 g/mol. The fourth-order valence-electron chi connectivity index (χ4n) is 2.29. The number of nitrogens with one attached hydrogen (secondary N) is 1. The van der Waals surface area contributed by atoms with E-state index in [-0.39, 0.29) is 28.8 Å². The van der Waals surface area contributed by atoms with Gasteiger partial charge >= 0.3 is 0 Å². The van der Waals surface area contributed by atoms with Crippen LogP contribution in [0.1, 0.15) is 46.5 Å². The van der Waals surface area contributed by atoms with Gasteiger partial charge in [0.15, 0.2) is 0 Å². The highest BCUT2D eigenvalue weighted by molar-refractivity contribution is 9.18. The van der Waals surface area contributed by atoms with Gasteiger partial charge in [-0.3, -0.25) is 9.59 Å². The van der Waals surface area contributed by atoms with Crippen LogP contribution >= 0.6 is 15.9 Å². The van der Waals surface area contributed by atoms with Gasteiger partial charge in [-0.15, -0.1) is 0 Å². The molecule has 2 atom stereocenters. The summed E-state index contributed by atoms with van der Waals surface area (Å²) in [4.78, 5) is 22.6. The monoisotopic (exact) mass is 331 g/mol. The van der Waals surface area contributed by atoms with E-state index in [1.807, 2.05) is 6.08 Å². The van der Waals surface area contributed by atoms with Gasteiger partial charge in [-0.1, -0.05) is 13.8 Å². The van der Waals surface area contributed by atoms with Crippen LogP contribution in [0.5, 0.6) is 0 Å². The fraction of sp³-hybridized carbons (Fsp3) is 0.714. The number of halogens is 1. The van der Waals surface area contributed by atoms with Crippen LogP contribution in [0.2, 0.25) is 0 Å². The molecule has 0 radical (unpaired) electrons. The van der Waals surface area contributed by atoms with E-state index >= 15 is 0 Å². The number of allylic oxidation sites excluding steroid dienone is 1. The molecule has 0 fully saturated rings. The first-order chi connectivity index (χ1) is 8.97. The van der Waals surface area contributed by atoms with Crippen molar-refractivity contribution < 1.29 is 14.3 Å². The van der Waals surface area contributed by atoms with E-state index in [1.165, 1.54) is 6.92 Å². The first kappa shape index (κ1) is 16.4. The summed E-state index contributed by atoms with van der Waals surface area (Å²) in [6.07, 6.45) is 5.02. The Morgan fingerprint density at radius 1 is 1.47 bits per heavy atom. The summed E-state index contributed by atoms with van der Waals surface area (Å²) >= 11 is 2.98. The zero-order chi connectivity index (χ0) is 14.4. The number of amides is 1. The predicted octanol–water partition coefficient (Wildman–Crippen LogP) is 2.71. The Kier molecular flexibility index (Phi) is 6.72. The van der Waals surface area contributed by atoms with Gasteiger partial charge in [0.05, 0.1) is 18.2 Å². The molecule has 0 aromatic heterocycles. The maximum absolute atomic E-state index is 11.4. The molecule has 0 saturated carbocycles. The molecular formula is C14H22BrNO3. The van der Waals surface area contributed by atoms with Crippen LogP contribution in [-0.4, -0.2) is 28.8 Å². The van der Waals surface area contributed by atoms with Crippen LogP contribution in [0.15, 0.2) is 11.6 Å². The SMILES string of the molecule is CCC(CC)O[C@@H]1C=C(C(=O)Br)CC[C@H]1NC(C)=O. The molecule has 108 valence electrons. The van der Waals surface area contributed by atoms with E-state index in [1.54, 1.807) is 0 Å². The molecule has 5 heteroatoms. The third kappa shape index (κ3) is 5.07. The highest BCUT2D eigenvalue weighted by Crippen LogP contribution is 2.25. The van der Waals surface area contributed by atoms with Crippen LogP contribution in [0.4, 0.5) is 0 Å². The molecule has 0 spiro atoms. The molecule has 1 amide bonds. The maximum atomic E-state index is 11.4. The van der Waals surface area contributed by atoms with Gasteiger partial charge in [-0.05, 0) is 47.7 Å². The molecule has 0 aromatic rings. The summed E-state index contributed by atoms with van der Waals surface area (Å²) in [5, 5.41) is 2.91. The minimum Gasteiger partial charge on any atom is -0.369 e. The molecule has 0 aliphatic heterocycles. The van der Waals surface area contributed by atoms with E-state index in [0.717, 1.165) is 24.8 Å². The molecule has 0 saturated heterocycles. The number of carbonyl (C=O) groups excluding carboxylic acids is 2. The molecule has 1 aliphatic carbocycles. The Balaban J connectivity index is 2.83. The molecule has 1 N–H and O–H groups in total. The maximum Gasteiger partial charge on any atom is 0.223 e. The van der Waals surface area contributed by atoms with E-state index in [4.69, 9.17) is 4.74 Å². The lowest BCUT2D eigenvalue weighted by Crippen LogP contribution is -2.46. The van der Waals surface area contributed by atoms with Crippen molar-refractivity contribution in [3.63, 3.8) is 0 Å². The Morgan fingerprint density at radius 3 is 2.58 bits per heavy atom. The summed E-state index contributed by atoms with van der Waals surface area (Å²) < 4.78 is 5.93. The molecule has 0 aromatic carbocycles. The van der Waals surface area contributed by atoms with Crippen molar-refractivity contribution in [1.29, 1.82) is 0 Å². The Morgan fingerprint density at radius 2 is 2.11 bits per heavy atom. The smallest absolute Gasteiger partial charge is 0.223 e. The average molecular weight is 332 g/mol. The van der Waals surface area contributed by atoms with Gasteiger partial charge in [-0.25, -0.2) is 0 Å². The molecule has 4 nitrogen and oxygen atoms in total. The van der Waals surface area contributed by atoms with Gasteiger partial charge in [0.2, 0.25) is 10.6 Å². The zero-order valence-corrected chi connectivity index (χ0v) is 13.3. The van der Waals surface area contributed by atoms with Gasteiger partial charge < -0.3 is 10.1 Å². The fourth-order valence-corrected chi connectivity index (χ4v) is 2.62.